The van der Waals surface area contributed by atoms with Gasteiger partial charge < -0.3 is 10.1 Å². The average Bonchev–Trinajstić information content (AvgIpc) is 2.67. The van der Waals surface area contributed by atoms with Gasteiger partial charge in [0.1, 0.15) is 5.75 Å². The van der Waals surface area contributed by atoms with Crippen LogP contribution >= 0.6 is 0 Å². The highest BCUT2D eigenvalue weighted by Gasteiger charge is 2.18. The zero-order valence-corrected chi connectivity index (χ0v) is 15.4. The van der Waals surface area contributed by atoms with Crippen LogP contribution in [0, 0.1) is 0 Å². The van der Waals surface area contributed by atoms with Gasteiger partial charge in [-0.2, -0.15) is 0 Å². The van der Waals surface area contributed by atoms with Crippen molar-refractivity contribution in [3.63, 3.8) is 0 Å². The second-order valence-corrected chi connectivity index (χ2v) is 6.49. The summed E-state index contributed by atoms with van der Waals surface area (Å²) in [5.74, 6) is 0.739. The van der Waals surface area contributed by atoms with Gasteiger partial charge in [0.25, 0.3) is 0 Å². The van der Waals surface area contributed by atoms with Crippen molar-refractivity contribution >= 4 is 22.4 Å². The third-order valence-electron chi connectivity index (χ3n) is 4.64. The predicted octanol–water partition coefficient (Wildman–Crippen LogP) is 4.31. The van der Waals surface area contributed by atoms with Crippen molar-refractivity contribution in [2.75, 3.05) is 19.5 Å². The summed E-state index contributed by atoms with van der Waals surface area (Å²) < 4.78 is 5.14. The van der Waals surface area contributed by atoms with Crippen molar-refractivity contribution < 1.29 is 9.53 Å². The lowest BCUT2D eigenvalue weighted by Crippen LogP contribution is -2.39. The number of carbonyl (C=O) groups excluding carboxylic acids is 1. The van der Waals surface area contributed by atoms with Gasteiger partial charge in [0.15, 0.2) is 0 Å². The van der Waals surface area contributed by atoms with Crippen molar-refractivity contribution in [3.05, 3.63) is 72.3 Å². The lowest BCUT2D eigenvalue weighted by Gasteiger charge is -2.24. The van der Waals surface area contributed by atoms with Gasteiger partial charge in [0.05, 0.1) is 13.2 Å². The number of hydrogen-bond acceptors (Lipinski definition) is 3. The summed E-state index contributed by atoms with van der Waals surface area (Å²) in [5, 5.41) is 5.40. The summed E-state index contributed by atoms with van der Waals surface area (Å²) in [6.07, 6.45) is 0. The van der Waals surface area contributed by atoms with E-state index in [-0.39, 0.29) is 11.9 Å². The minimum absolute atomic E-state index is 0.0292. The summed E-state index contributed by atoms with van der Waals surface area (Å²) in [6.45, 7) is 2.63. The molecule has 0 aromatic heterocycles. The van der Waals surface area contributed by atoms with E-state index >= 15 is 0 Å². The van der Waals surface area contributed by atoms with Gasteiger partial charge in [-0.05, 0) is 60.6 Å². The highest BCUT2D eigenvalue weighted by Crippen LogP contribution is 2.18. The first-order chi connectivity index (χ1) is 12.6. The number of methoxy groups -OCH3 is 1. The maximum Gasteiger partial charge on any atom is 0.241 e. The van der Waals surface area contributed by atoms with E-state index in [1.54, 1.807) is 7.11 Å². The molecule has 0 radical (unpaired) electrons. The number of fused-ring (bicyclic) bond motifs is 1. The molecule has 0 heterocycles. The molecule has 0 aliphatic rings. The normalized spacial score (nSPS) is 12.2. The minimum Gasteiger partial charge on any atom is -0.497 e. The van der Waals surface area contributed by atoms with Gasteiger partial charge in [-0.25, -0.2) is 0 Å². The molecular formula is C22H24N2O2. The van der Waals surface area contributed by atoms with Gasteiger partial charge in [0, 0.05) is 12.2 Å². The largest absolute Gasteiger partial charge is 0.497 e. The van der Waals surface area contributed by atoms with Crippen LogP contribution in [-0.4, -0.2) is 31.0 Å². The highest BCUT2D eigenvalue weighted by molar-refractivity contribution is 5.94. The van der Waals surface area contributed by atoms with Crippen LogP contribution in [0.1, 0.15) is 12.5 Å². The summed E-state index contributed by atoms with van der Waals surface area (Å²) in [5.41, 5.74) is 1.96. The number of rotatable bonds is 6. The van der Waals surface area contributed by atoms with Gasteiger partial charge in [0.2, 0.25) is 5.91 Å². The Morgan fingerprint density at radius 2 is 1.73 bits per heavy atom. The zero-order valence-electron chi connectivity index (χ0n) is 15.4. The second-order valence-electron chi connectivity index (χ2n) is 6.49. The summed E-state index contributed by atoms with van der Waals surface area (Å²) >= 11 is 0. The Morgan fingerprint density at radius 1 is 1.04 bits per heavy atom. The SMILES string of the molecule is COc1ccc(NC(=O)[C@@H](C)N(C)Cc2ccc3ccccc3c2)cc1. The fourth-order valence-corrected chi connectivity index (χ4v) is 2.88. The number of anilines is 1. The smallest absolute Gasteiger partial charge is 0.241 e. The highest BCUT2D eigenvalue weighted by atomic mass is 16.5. The van der Waals surface area contributed by atoms with E-state index in [1.807, 2.05) is 55.3 Å². The first-order valence-corrected chi connectivity index (χ1v) is 8.69. The molecule has 0 fully saturated rings. The van der Waals surface area contributed by atoms with Gasteiger partial charge >= 0.3 is 0 Å². The van der Waals surface area contributed by atoms with Crippen molar-refractivity contribution in [1.82, 2.24) is 4.90 Å². The Kier molecular flexibility index (Phi) is 5.54. The van der Waals surface area contributed by atoms with Gasteiger partial charge in [-0.3, -0.25) is 9.69 Å². The number of amides is 1. The molecule has 3 aromatic carbocycles. The Morgan fingerprint density at radius 3 is 2.42 bits per heavy atom. The minimum atomic E-state index is -0.247. The number of benzene rings is 3. The number of hydrogen-bond donors (Lipinski definition) is 1. The molecule has 4 nitrogen and oxygen atoms in total. The first-order valence-electron chi connectivity index (χ1n) is 8.69. The van der Waals surface area contributed by atoms with E-state index in [0.29, 0.717) is 6.54 Å². The van der Waals surface area contributed by atoms with E-state index in [0.717, 1.165) is 11.4 Å². The molecule has 3 aromatic rings. The van der Waals surface area contributed by atoms with Gasteiger partial charge in [-0.15, -0.1) is 0 Å². The third kappa shape index (κ3) is 4.21. The maximum absolute atomic E-state index is 12.5. The van der Waals surface area contributed by atoms with Crippen LogP contribution in [-0.2, 0) is 11.3 Å². The zero-order chi connectivity index (χ0) is 18.5. The Bertz CT molecular complexity index is 890. The van der Waals surface area contributed by atoms with Crippen molar-refractivity contribution in [1.29, 1.82) is 0 Å². The molecule has 134 valence electrons. The fraction of sp³-hybridized carbons (Fsp3) is 0.227. The van der Waals surface area contributed by atoms with Crippen LogP contribution in [0.25, 0.3) is 10.8 Å². The summed E-state index contributed by atoms with van der Waals surface area (Å²) in [6, 6.07) is 21.8. The van der Waals surface area contributed by atoms with Crippen molar-refractivity contribution in [2.24, 2.45) is 0 Å². The fourth-order valence-electron chi connectivity index (χ4n) is 2.88. The Balaban J connectivity index is 1.63. The molecule has 0 bridgehead atoms. The summed E-state index contributed by atoms with van der Waals surface area (Å²) in [7, 11) is 3.59. The predicted molar refractivity (Wildman–Crippen MR) is 107 cm³/mol. The third-order valence-corrected chi connectivity index (χ3v) is 4.64. The molecule has 0 unspecified atom stereocenters. The van der Waals surface area contributed by atoms with Crippen LogP contribution < -0.4 is 10.1 Å². The van der Waals surface area contributed by atoms with Crippen molar-refractivity contribution in [3.8, 4) is 5.75 Å². The second kappa shape index (κ2) is 8.02. The number of nitrogens with one attached hydrogen (secondary N) is 1. The Hall–Kier alpha value is -2.85. The van der Waals surface area contributed by atoms with E-state index < -0.39 is 0 Å². The van der Waals surface area contributed by atoms with E-state index in [1.165, 1.54) is 16.3 Å². The molecule has 0 saturated carbocycles. The lowest BCUT2D eigenvalue weighted by atomic mass is 10.1. The molecule has 1 N–H and O–H groups in total. The van der Waals surface area contributed by atoms with Crippen LogP contribution in [0.4, 0.5) is 5.69 Å². The number of likely N-dealkylation sites (N-methyl/N-ethyl adjacent to an activating group) is 1. The van der Waals surface area contributed by atoms with Crippen LogP contribution in [0.15, 0.2) is 66.7 Å². The number of ether oxygens (including phenoxy) is 1. The molecule has 0 spiro atoms. The molecule has 1 amide bonds. The maximum atomic E-state index is 12.5. The monoisotopic (exact) mass is 348 g/mol. The van der Waals surface area contributed by atoms with Crippen LogP contribution in [0.5, 0.6) is 5.75 Å². The van der Waals surface area contributed by atoms with Crippen molar-refractivity contribution in [2.45, 2.75) is 19.5 Å². The molecule has 0 saturated heterocycles. The molecule has 4 heteroatoms. The quantitative estimate of drug-likeness (QED) is 0.722. The average molecular weight is 348 g/mol. The first kappa shape index (κ1) is 18.0. The van der Waals surface area contributed by atoms with Crippen LogP contribution in [0.2, 0.25) is 0 Å². The molecular weight excluding hydrogens is 324 g/mol. The summed E-state index contributed by atoms with van der Waals surface area (Å²) in [4.78, 5) is 14.6. The molecule has 26 heavy (non-hydrogen) atoms. The number of nitrogens with zero attached hydrogens (tertiary/aromatic N) is 1. The number of carbonyl (C=O) groups is 1. The van der Waals surface area contributed by atoms with Crippen LogP contribution in [0.3, 0.4) is 0 Å². The van der Waals surface area contributed by atoms with E-state index in [2.05, 4.69) is 35.6 Å². The molecule has 3 rings (SSSR count). The van der Waals surface area contributed by atoms with E-state index in [4.69, 9.17) is 4.74 Å². The molecule has 0 aliphatic carbocycles. The Labute approximate surface area is 154 Å². The molecule has 0 aliphatic heterocycles. The van der Waals surface area contributed by atoms with Gasteiger partial charge in [-0.1, -0.05) is 36.4 Å². The lowest BCUT2D eigenvalue weighted by molar-refractivity contribution is -0.120. The molecule has 1 atom stereocenters. The standard InChI is InChI=1S/C22H24N2O2/c1-16(22(25)23-20-10-12-21(26-3)13-11-20)24(2)15-17-8-9-18-6-4-5-7-19(18)14-17/h4-14,16H,15H2,1-3H3,(H,23,25)/t16-/m1/s1. The van der Waals surface area contributed by atoms with E-state index in [9.17, 15) is 4.79 Å². The topological polar surface area (TPSA) is 41.6 Å².